The van der Waals surface area contributed by atoms with Crippen molar-refractivity contribution in [2.45, 2.75) is 39.8 Å². The first-order chi connectivity index (χ1) is 15.7. The number of ether oxygens (including phenoxy) is 1. The van der Waals surface area contributed by atoms with E-state index < -0.39 is 0 Å². The molecule has 0 saturated carbocycles. The van der Waals surface area contributed by atoms with E-state index in [4.69, 9.17) is 9.73 Å². The number of morpholine rings is 1. The molecule has 1 aromatic heterocycles. The third-order valence-electron chi connectivity index (χ3n) is 5.54. The molecule has 1 fully saturated rings. The highest BCUT2D eigenvalue weighted by atomic mass is 127. The van der Waals surface area contributed by atoms with Crippen molar-refractivity contribution in [3.63, 3.8) is 0 Å². The molecule has 3 rings (SSSR count). The van der Waals surface area contributed by atoms with Crippen molar-refractivity contribution in [3.05, 3.63) is 54.2 Å². The first-order valence-electron chi connectivity index (χ1n) is 11.8. The number of guanidine groups is 1. The van der Waals surface area contributed by atoms with Gasteiger partial charge in [0.1, 0.15) is 5.82 Å². The van der Waals surface area contributed by atoms with Gasteiger partial charge in [-0.05, 0) is 57.0 Å². The van der Waals surface area contributed by atoms with E-state index >= 15 is 0 Å². The molecule has 0 amide bonds. The number of pyridine rings is 1. The van der Waals surface area contributed by atoms with Gasteiger partial charge in [0.25, 0.3) is 0 Å². The van der Waals surface area contributed by atoms with E-state index in [2.05, 4.69) is 82.6 Å². The van der Waals surface area contributed by atoms with Crippen molar-refractivity contribution in [2.24, 2.45) is 4.99 Å². The molecular weight excluding hydrogens is 527 g/mol. The van der Waals surface area contributed by atoms with Gasteiger partial charge in [-0.25, -0.2) is 9.98 Å². The Morgan fingerprint density at radius 3 is 2.76 bits per heavy atom. The number of hydrogen-bond acceptors (Lipinski definition) is 5. The topological polar surface area (TPSA) is 65.0 Å². The van der Waals surface area contributed by atoms with E-state index in [0.29, 0.717) is 6.54 Å². The Kier molecular flexibility index (Phi) is 12.3. The van der Waals surface area contributed by atoms with Crippen LogP contribution in [0, 0.1) is 0 Å². The fourth-order valence-corrected chi connectivity index (χ4v) is 3.86. The number of aliphatic imine (C=N–C) groups is 1. The number of aromatic nitrogens is 1. The number of nitrogens with one attached hydrogen (secondary N) is 2. The predicted molar refractivity (Wildman–Crippen MR) is 149 cm³/mol. The van der Waals surface area contributed by atoms with Crippen molar-refractivity contribution < 1.29 is 4.74 Å². The summed E-state index contributed by atoms with van der Waals surface area (Å²) in [6, 6.07) is 14.8. The molecule has 1 atom stereocenters. The normalized spacial score (nSPS) is 16.2. The first-order valence-corrected chi connectivity index (χ1v) is 11.8. The average Bonchev–Trinajstić information content (AvgIpc) is 2.83. The molecule has 8 heteroatoms. The van der Waals surface area contributed by atoms with Crippen molar-refractivity contribution >= 4 is 41.4 Å². The van der Waals surface area contributed by atoms with E-state index in [0.717, 1.165) is 69.6 Å². The van der Waals surface area contributed by atoms with Crippen molar-refractivity contribution in [2.75, 3.05) is 55.7 Å². The number of anilines is 2. The van der Waals surface area contributed by atoms with E-state index in [-0.39, 0.29) is 30.1 Å². The smallest absolute Gasteiger partial charge is 0.191 e. The number of nitrogens with zero attached hydrogens (tertiary/aromatic N) is 4. The zero-order chi connectivity index (χ0) is 22.6. The Balaban J connectivity index is 0.00000385. The number of benzene rings is 1. The van der Waals surface area contributed by atoms with Gasteiger partial charge in [0.15, 0.2) is 5.96 Å². The van der Waals surface area contributed by atoms with Gasteiger partial charge in [0.2, 0.25) is 0 Å². The zero-order valence-corrected chi connectivity index (χ0v) is 22.5. The fraction of sp³-hybridized carbons (Fsp3) is 0.520. The van der Waals surface area contributed by atoms with E-state index in [1.807, 2.05) is 12.3 Å². The predicted octanol–water partition coefficient (Wildman–Crippen LogP) is 3.90. The highest BCUT2D eigenvalue weighted by Gasteiger charge is 2.18. The van der Waals surface area contributed by atoms with Crippen LogP contribution in [0.4, 0.5) is 11.5 Å². The maximum absolute atomic E-state index is 5.65. The Hall–Kier alpha value is -2.07. The Morgan fingerprint density at radius 2 is 2.03 bits per heavy atom. The molecule has 2 N–H and O–H groups in total. The zero-order valence-electron chi connectivity index (χ0n) is 20.2. The molecule has 1 saturated heterocycles. The molecule has 1 aliphatic heterocycles. The second-order valence-corrected chi connectivity index (χ2v) is 8.04. The Morgan fingerprint density at radius 1 is 1.21 bits per heavy atom. The fourth-order valence-electron chi connectivity index (χ4n) is 3.86. The highest BCUT2D eigenvalue weighted by Crippen LogP contribution is 2.17. The molecule has 0 aliphatic carbocycles. The summed E-state index contributed by atoms with van der Waals surface area (Å²) in [7, 11) is 0. The Labute approximate surface area is 216 Å². The van der Waals surface area contributed by atoms with E-state index in [1.165, 1.54) is 5.69 Å². The number of hydrogen-bond donors (Lipinski definition) is 2. The van der Waals surface area contributed by atoms with Crippen LogP contribution in [-0.4, -0.2) is 62.9 Å². The van der Waals surface area contributed by atoms with Gasteiger partial charge < -0.3 is 25.2 Å². The van der Waals surface area contributed by atoms with Crippen LogP contribution in [0.5, 0.6) is 0 Å². The van der Waals surface area contributed by atoms with Gasteiger partial charge >= 0.3 is 0 Å². The van der Waals surface area contributed by atoms with Gasteiger partial charge in [-0.2, -0.15) is 0 Å². The van der Waals surface area contributed by atoms with Crippen LogP contribution in [0.2, 0.25) is 0 Å². The van der Waals surface area contributed by atoms with Crippen LogP contribution in [0.1, 0.15) is 32.8 Å². The summed E-state index contributed by atoms with van der Waals surface area (Å²) in [6.45, 7) is 13.3. The SMILES string of the molecule is CCNC(=NCc1ccnc(N2CCOC(C)C2)c1)NCCCN(CC)c1ccccc1.I. The maximum Gasteiger partial charge on any atom is 0.191 e. The van der Waals surface area contributed by atoms with Crippen LogP contribution in [-0.2, 0) is 11.3 Å². The lowest BCUT2D eigenvalue weighted by Gasteiger charge is -2.32. The minimum atomic E-state index is 0. The number of para-hydroxylation sites is 1. The van der Waals surface area contributed by atoms with Crippen LogP contribution in [0.15, 0.2) is 53.7 Å². The minimum Gasteiger partial charge on any atom is -0.375 e. The van der Waals surface area contributed by atoms with Crippen molar-refractivity contribution in [1.82, 2.24) is 15.6 Å². The van der Waals surface area contributed by atoms with E-state index in [1.54, 1.807) is 0 Å². The number of halogens is 1. The van der Waals surface area contributed by atoms with Crippen LogP contribution < -0.4 is 20.4 Å². The molecule has 1 aliphatic rings. The van der Waals surface area contributed by atoms with Gasteiger partial charge in [-0.3, -0.25) is 0 Å². The van der Waals surface area contributed by atoms with Crippen molar-refractivity contribution in [1.29, 1.82) is 0 Å². The Bertz CT molecular complexity index is 835. The first kappa shape index (κ1) is 27.2. The lowest BCUT2D eigenvalue weighted by Crippen LogP contribution is -2.41. The summed E-state index contributed by atoms with van der Waals surface area (Å²) in [5, 5.41) is 6.83. The lowest BCUT2D eigenvalue weighted by atomic mass is 10.2. The summed E-state index contributed by atoms with van der Waals surface area (Å²) < 4.78 is 5.65. The molecule has 2 heterocycles. The molecule has 0 radical (unpaired) electrons. The molecular formula is C25H39IN6O. The van der Waals surface area contributed by atoms with Gasteiger partial charge in [0, 0.05) is 51.2 Å². The summed E-state index contributed by atoms with van der Waals surface area (Å²) >= 11 is 0. The molecule has 0 spiro atoms. The molecule has 7 nitrogen and oxygen atoms in total. The average molecular weight is 567 g/mol. The third-order valence-corrected chi connectivity index (χ3v) is 5.54. The van der Waals surface area contributed by atoms with Crippen molar-refractivity contribution in [3.8, 4) is 0 Å². The summed E-state index contributed by atoms with van der Waals surface area (Å²) in [4.78, 5) is 14.0. The summed E-state index contributed by atoms with van der Waals surface area (Å²) in [6.07, 6.45) is 3.16. The van der Waals surface area contributed by atoms with E-state index in [9.17, 15) is 0 Å². The van der Waals surface area contributed by atoms with Crippen LogP contribution >= 0.6 is 24.0 Å². The maximum atomic E-state index is 5.65. The van der Waals surface area contributed by atoms with Gasteiger partial charge in [-0.1, -0.05) is 18.2 Å². The van der Waals surface area contributed by atoms with Gasteiger partial charge in [0.05, 0.1) is 19.3 Å². The second-order valence-electron chi connectivity index (χ2n) is 8.04. The van der Waals surface area contributed by atoms with Gasteiger partial charge in [-0.15, -0.1) is 24.0 Å². The van der Waals surface area contributed by atoms with Crippen LogP contribution in [0.3, 0.4) is 0 Å². The highest BCUT2D eigenvalue weighted by molar-refractivity contribution is 14.0. The standard InChI is InChI=1S/C25H38N6O.HI/c1-4-26-25(28-13-9-15-30(5-2)23-10-7-6-8-11-23)29-19-22-12-14-27-24(18-22)31-16-17-32-21(3)20-31;/h6-8,10-12,14,18,21H,4-5,9,13,15-17,19-20H2,1-3H3,(H2,26,28,29);1H. The molecule has 1 aromatic carbocycles. The molecule has 182 valence electrons. The summed E-state index contributed by atoms with van der Waals surface area (Å²) in [5.41, 5.74) is 2.44. The van der Waals surface area contributed by atoms with Crippen LogP contribution in [0.25, 0.3) is 0 Å². The monoisotopic (exact) mass is 566 g/mol. The largest absolute Gasteiger partial charge is 0.375 e. The summed E-state index contributed by atoms with van der Waals surface area (Å²) in [5.74, 6) is 1.86. The molecule has 33 heavy (non-hydrogen) atoms. The lowest BCUT2D eigenvalue weighted by molar-refractivity contribution is 0.0529. The number of rotatable bonds is 10. The minimum absolute atomic E-state index is 0. The molecule has 2 aromatic rings. The second kappa shape index (κ2) is 15.0. The quantitative estimate of drug-likeness (QED) is 0.197. The molecule has 1 unspecified atom stereocenters. The third kappa shape index (κ3) is 9.00. The molecule has 0 bridgehead atoms.